The Kier molecular flexibility index (Phi) is 4.06. The summed E-state index contributed by atoms with van der Waals surface area (Å²) >= 11 is 5.75. The first-order valence-electron chi connectivity index (χ1n) is 5.71. The molecule has 2 rings (SSSR count). The fourth-order valence-electron chi connectivity index (χ4n) is 1.67. The van der Waals surface area contributed by atoms with Crippen LogP contribution in [0.25, 0.3) is 0 Å². The smallest absolute Gasteiger partial charge is 0.337 e. The van der Waals surface area contributed by atoms with Crippen LogP contribution in [0.3, 0.4) is 0 Å². The molecule has 0 atom stereocenters. The zero-order valence-electron chi connectivity index (χ0n) is 10.6. The van der Waals surface area contributed by atoms with E-state index >= 15 is 0 Å². The van der Waals surface area contributed by atoms with Crippen LogP contribution < -0.4 is 10.5 Å². The minimum atomic E-state index is -3.96. The van der Waals surface area contributed by atoms with Gasteiger partial charge >= 0.3 is 5.97 Å². The van der Waals surface area contributed by atoms with Gasteiger partial charge in [-0.25, -0.2) is 13.2 Å². The lowest BCUT2D eigenvalue weighted by Gasteiger charge is -2.11. The third kappa shape index (κ3) is 3.45. The molecule has 0 aliphatic heterocycles. The number of hydrogen-bond donors (Lipinski definition) is 3. The summed E-state index contributed by atoms with van der Waals surface area (Å²) in [6.07, 6.45) is 0. The summed E-state index contributed by atoms with van der Waals surface area (Å²) < 4.78 is 26.7. The SMILES string of the molecule is Nc1ccc(C(=O)O)c(NS(=O)(=O)c2cccc(Cl)c2)c1. The number of carboxylic acids is 1. The lowest BCUT2D eigenvalue weighted by atomic mass is 10.1. The van der Waals surface area contributed by atoms with Gasteiger partial charge in [-0.15, -0.1) is 0 Å². The van der Waals surface area contributed by atoms with Crippen LogP contribution in [0.1, 0.15) is 10.4 Å². The number of benzene rings is 2. The number of nitrogens with two attached hydrogens (primary N) is 1. The molecule has 0 spiro atoms. The Morgan fingerprint density at radius 3 is 2.52 bits per heavy atom. The molecule has 0 fully saturated rings. The second-order valence-corrected chi connectivity index (χ2v) is 6.29. The molecule has 0 saturated carbocycles. The average molecular weight is 327 g/mol. The topological polar surface area (TPSA) is 109 Å². The second kappa shape index (κ2) is 5.63. The third-order valence-electron chi connectivity index (χ3n) is 2.62. The van der Waals surface area contributed by atoms with E-state index in [1.807, 2.05) is 0 Å². The molecule has 2 aromatic carbocycles. The molecule has 0 bridgehead atoms. The van der Waals surface area contributed by atoms with Gasteiger partial charge in [0.25, 0.3) is 10.0 Å². The molecule has 21 heavy (non-hydrogen) atoms. The molecule has 110 valence electrons. The summed E-state index contributed by atoms with van der Waals surface area (Å²) in [6.45, 7) is 0. The van der Waals surface area contributed by atoms with E-state index in [0.29, 0.717) is 0 Å². The van der Waals surface area contributed by atoms with Gasteiger partial charge in [-0.2, -0.15) is 0 Å². The molecule has 0 heterocycles. The maximum atomic E-state index is 12.2. The Balaban J connectivity index is 2.46. The predicted octanol–water partition coefficient (Wildman–Crippen LogP) is 2.42. The molecule has 0 saturated heterocycles. The number of anilines is 2. The van der Waals surface area contributed by atoms with E-state index in [-0.39, 0.29) is 26.9 Å². The summed E-state index contributed by atoms with van der Waals surface area (Å²) in [5, 5.41) is 9.32. The quantitative estimate of drug-likeness (QED) is 0.747. The van der Waals surface area contributed by atoms with Gasteiger partial charge in [0.15, 0.2) is 0 Å². The van der Waals surface area contributed by atoms with Crippen LogP contribution in [0.5, 0.6) is 0 Å². The van der Waals surface area contributed by atoms with Crippen LogP contribution in [-0.4, -0.2) is 19.5 Å². The Morgan fingerprint density at radius 2 is 1.90 bits per heavy atom. The Hall–Kier alpha value is -2.25. The van der Waals surface area contributed by atoms with Crippen LogP contribution in [0.4, 0.5) is 11.4 Å². The summed E-state index contributed by atoms with van der Waals surface area (Å²) in [6, 6.07) is 9.47. The number of nitrogens with one attached hydrogen (secondary N) is 1. The number of carboxylic acid groups (broad SMARTS) is 1. The molecular formula is C13H11ClN2O4S. The van der Waals surface area contributed by atoms with Crippen molar-refractivity contribution < 1.29 is 18.3 Å². The molecule has 6 nitrogen and oxygen atoms in total. The first kappa shape index (κ1) is 15.1. The second-order valence-electron chi connectivity index (χ2n) is 4.17. The number of halogens is 1. The number of sulfonamides is 1. The van der Waals surface area contributed by atoms with Gasteiger partial charge in [0.1, 0.15) is 0 Å². The van der Waals surface area contributed by atoms with Gasteiger partial charge < -0.3 is 10.8 Å². The third-order valence-corrected chi connectivity index (χ3v) is 4.22. The standard InChI is InChI=1S/C13H11ClN2O4S/c14-8-2-1-3-10(6-8)21(19,20)16-12-7-9(15)4-5-11(12)13(17)18/h1-7,16H,15H2,(H,17,18). The largest absolute Gasteiger partial charge is 0.478 e. The zero-order valence-corrected chi connectivity index (χ0v) is 12.1. The van der Waals surface area contributed by atoms with E-state index < -0.39 is 16.0 Å². The van der Waals surface area contributed by atoms with Gasteiger partial charge in [0, 0.05) is 10.7 Å². The molecular weight excluding hydrogens is 316 g/mol. The van der Waals surface area contributed by atoms with Crippen molar-refractivity contribution in [3.05, 3.63) is 53.1 Å². The number of rotatable bonds is 4. The predicted molar refractivity (Wildman–Crippen MR) is 80.1 cm³/mol. The molecule has 4 N–H and O–H groups in total. The van der Waals surface area contributed by atoms with Crippen molar-refractivity contribution in [3.8, 4) is 0 Å². The maximum absolute atomic E-state index is 12.2. The van der Waals surface area contributed by atoms with Gasteiger partial charge in [0.05, 0.1) is 16.1 Å². The van der Waals surface area contributed by atoms with Crippen LogP contribution in [0.15, 0.2) is 47.4 Å². The highest BCUT2D eigenvalue weighted by molar-refractivity contribution is 7.92. The van der Waals surface area contributed by atoms with Gasteiger partial charge in [0.2, 0.25) is 0 Å². The highest BCUT2D eigenvalue weighted by Crippen LogP contribution is 2.24. The van der Waals surface area contributed by atoms with Crippen molar-refractivity contribution in [1.29, 1.82) is 0 Å². The number of aromatic carboxylic acids is 1. The zero-order chi connectivity index (χ0) is 15.6. The minimum absolute atomic E-state index is 0.0752. The lowest BCUT2D eigenvalue weighted by Crippen LogP contribution is -2.15. The molecule has 2 aromatic rings. The first-order chi connectivity index (χ1) is 9.79. The van der Waals surface area contributed by atoms with Crippen LogP contribution in [0.2, 0.25) is 5.02 Å². The van der Waals surface area contributed by atoms with E-state index in [4.69, 9.17) is 22.4 Å². The van der Waals surface area contributed by atoms with E-state index in [0.717, 1.165) is 0 Å². The molecule has 0 aromatic heterocycles. The van der Waals surface area contributed by atoms with Gasteiger partial charge in [-0.3, -0.25) is 4.72 Å². The van der Waals surface area contributed by atoms with Crippen molar-refractivity contribution in [2.75, 3.05) is 10.5 Å². The summed E-state index contributed by atoms with van der Waals surface area (Å²) in [5.41, 5.74) is 5.49. The Bertz CT molecular complexity index is 806. The maximum Gasteiger partial charge on any atom is 0.337 e. The molecule has 0 unspecified atom stereocenters. The van der Waals surface area contributed by atoms with Crippen LogP contribution in [0, 0.1) is 0 Å². The lowest BCUT2D eigenvalue weighted by molar-refractivity contribution is 0.0698. The number of nitrogen functional groups attached to an aromatic ring is 1. The number of carbonyl (C=O) groups is 1. The molecule has 0 aliphatic carbocycles. The summed E-state index contributed by atoms with van der Waals surface area (Å²) in [4.78, 5) is 11.0. The fraction of sp³-hybridized carbons (Fsp3) is 0. The van der Waals surface area contributed by atoms with E-state index in [2.05, 4.69) is 4.72 Å². The van der Waals surface area contributed by atoms with E-state index in [1.165, 1.54) is 42.5 Å². The van der Waals surface area contributed by atoms with Crippen molar-refractivity contribution in [1.82, 2.24) is 0 Å². The van der Waals surface area contributed by atoms with Crippen molar-refractivity contribution >= 4 is 39.0 Å². The highest BCUT2D eigenvalue weighted by Gasteiger charge is 2.19. The first-order valence-corrected chi connectivity index (χ1v) is 7.57. The van der Waals surface area contributed by atoms with Crippen molar-refractivity contribution in [2.45, 2.75) is 4.90 Å². The Morgan fingerprint density at radius 1 is 1.19 bits per heavy atom. The molecule has 0 radical (unpaired) electrons. The fourth-order valence-corrected chi connectivity index (χ4v) is 3.04. The summed E-state index contributed by atoms with van der Waals surface area (Å²) in [5.74, 6) is -1.27. The minimum Gasteiger partial charge on any atom is -0.478 e. The van der Waals surface area contributed by atoms with Crippen LogP contribution >= 0.6 is 11.6 Å². The van der Waals surface area contributed by atoms with E-state index in [9.17, 15) is 13.2 Å². The molecule has 0 aliphatic rings. The average Bonchev–Trinajstić information content (AvgIpc) is 2.38. The normalized spacial score (nSPS) is 11.1. The Labute approximate surface area is 126 Å². The summed E-state index contributed by atoms with van der Waals surface area (Å²) in [7, 11) is -3.96. The monoisotopic (exact) mass is 326 g/mol. The van der Waals surface area contributed by atoms with Crippen molar-refractivity contribution in [2.24, 2.45) is 0 Å². The highest BCUT2D eigenvalue weighted by atomic mass is 35.5. The van der Waals surface area contributed by atoms with Gasteiger partial charge in [-0.1, -0.05) is 17.7 Å². The number of hydrogen-bond acceptors (Lipinski definition) is 4. The molecule has 0 amide bonds. The molecule has 8 heteroatoms. The van der Waals surface area contributed by atoms with Crippen molar-refractivity contribution in [3.63, 3.8) is 0 Å². The van der Waals surface area contributed by atoms with Gasteiger partial charge in [-0.05, 0) is 36.4 Å². The van der Waals surface area contributed by atoms with Crippen LogP contribution in [-0.2, 0) is 10.0 Å². The van der Waals surface area contributed by atoms with E-state index in [1.54, 1.807) is 0 Å².